The van der Waals surface area contributed by atoms with Crippen LogP contribution in [0.25, 0.3) is 0 Å². The van der Waals surface area contributed by atoms with Crippen molar-refractivity contribution in [3.63, 3.8) is 0 Å². The van der Waals surface area contributed by atoms with E-state index in [1.54, 1.807) is 5.32 Å². The van der Waals surface area contributed by atoms with Gasteiger partial charge >= 0.3 is 12.2 Å². The molecule has 0 aromatic carbocycles. The first-order valence-electron chi connectivity index (χ1n) is 5.23. The number of urea groups is 1. The third-order valence-electron chi connectivity index (χ3n) is 2.56. The zero-order chi connectivity index (χ0) is 12.2. The van der Waals surface area contributed by atoms with E-state index in [9.17, 15) is 18.0 Å². The SMILES string of the molecule is NC1CCC(NC(=O)NCC(F)(F)F)CC1. The molecule has 0 atom stereocenters. The molecule has 0 radical (unpaired) electrons. The Balaban J connectivity index is 2.19. The van der Waals surface area contributed by atoms with E-state index >= 15 is 0 Å². The van der Waals surface area contributed by atoms with E-state index in [1.165, 1.54) is 0 Å². The first kappa shape index (κ1) is 13.1. The molecule has 0 aliphatic heterocycles. The lowest BCUT2D eigenvalue weighted by Gasteiger charge is -2.26. The number of nitrogens with two attached hydrogens (primary N) is 1. The van der Waals surface area contributed by atoms with E-state index in [2.05, 4.69) is 5.32 Å². The van der Waals surface area contributed by atoms with E-state index in [0.29, 0.717) is 0 Å². The molecule has 2 amide bonds. The Bertz CT molecular complexity index is 237. The van der Waals surface area contributed by atoms with Crippen LogP contribution in [0.4, 0.5) is 18.0 Å². The minimum atomic E-state index is -4.37. The zero-order valence-corrected chi connectivity index (χ0v) is 8.81. The fourth-order valence-electron chi connectivity index (χ4n) is 1.68. The zero-order valence-electron chi connectivity index (χ0n) is 8.81. The van der Waals surface area contributed by atoms with Crippen LogP contribution >= 0.6 is 0 Å². The predicted octanol–water partition coefficient (Wildman–Crippen LogP) is 1.12. The van der Waals surface area contributed by atoms with E-state index in [1.807, 2.05) is 0 Å². The average Bonchev–Trinajstić information content (AvgIpc) is 2.18. The maximum absolute atomic E-state index is 11.8. The van der Waals surface area contributed by atoms with Gasteiger partial charge in [-0.3, -0.25) is 0 Å². The van der Waals surface area contributed by atoms with Gasteiger partial charge in [-0.05, 0) is 25.7 Å². The highest BCUT2D eigenvalue weighted by atomic mass is 19.4. The highest BCUT2D eigenvalue weighted by Gasteiger charge is 2.28. The Morgan fingerprint density at radius 2 is 1.81 bits per heavy atom. The van der Waals surface area contributed by atoms with Crippen molar-refractivity contribution < 1.29 is 18.0 Å². The summed E-state index contributed by atoms with van der Waals surface area (Å²) >= 11 is 0. The van der Waals surface area contributed by atoms with Crippen molar-refractivity contribution in [1.29, 1.82) is 0 Å². The Kier molecular flexibility index (Phi) is 4.40. The minimum Gasteiger partial charge on any atom is -0.335 e. The monoisotopic (exact) mass is 239 g/mol. The van der Waals surface area contributed by atoms with E-state index in [-0.39, 0.29) is 12.1 Å². The normalized spacial score (nSPS) is 26.2. The number of rotatable bonds is 2. The summed E-state index contributed by atoms with van der Waals surface area (Å²) in [6.45, 7) is -1.30. The van der Waals surface area contributed by atoms with Crippen LogP contribution in [-0.2, 0) is 0 Å². The average molecular weight is 239 g/mol. The standard InChI is InChI=1S/C9H16F3N3O/c10-9(11,12)5-14-8(16)15-7-3-1-6(13)2-4-7/h6-7H,1-5,13H2,(H2,14,15,16). The van der Waals surface area contributed by atoms with Crippen molar-refractivity contribution in [2.45, 2.75) is 43.9 Å². The van der Waals surface area contributed by atoms with Crippen LogP contribution in [0.5, 0.6) is 0 Å². The second kappa shape index (κ2) is 5.38. The van der Waals surface area contributed by atoms with Crippen LogP contribution in [-0.4, -0.2) is 30.8 Å². The fraction of sp³-hybridized carbons (Fsp3) is 0.889. The molecule has 1 fully saturated rings. The number of hydrogen-bond donors (Lipinski definition) is 3. The van der Waals surface area contributed by atoms with Crippen LogP contribution < -0.4 is 16.4 Å². The van der Waals surface area contributed by atoms with Crippen molar-refractivity contribution >= 4 is 6.03 Å². The first-order chi connectivity index (χ1) is 7.37. The molecule has 4 nitrogen and oxygen atoms in total. The number of alkyl halides is 3. The van der Waals surface area contributed by atoms with Gasteiger partial charge in [0.25, 0.3) is 0 Å². The fourth-order valence-corrected chi connectivity index (χ4v) is 1.68. The van der Waals surface area contributed by atoms with Gasteiger partial charge in [0.1, 0.15) is 6.54 Å². The summed E-state index contributed by atoms with van der Waals surface area (Å²) in [5.74, 6) is 0. The van der Waals surface area contributed by atoms with Gasteiger partial charge in [0.15, 0.2) is 0 Å². The molecule has 4 N–H and O–H groups in total. The summed E-state index contributed by atoms with van der Waals surface area (Å²) in [6, 6.07) is -0.679. The Hall–Kier alpha value is -0.980. The van der Waals surface area contributed by atoms with Crippen molar-refractivity contribution in [2.24, 2.45) is 5.73 Å². The van der Waals surface area contributed by atoms with Crippen molar-refractivity contribution in [3.8, 4) is 0 Å². The molecule has 1 aliphatic carbocycles. The smallest absolute Gasteiger partial charge is 0.335 e. The largest absolute Gasteiger partial charge is 0.405 e. The van der Waals surface area contributed by atoms with Gasteiger partial charge < -0.3 is 16.4 Å². The molecule has 0 aromatic rings. The molecule has 1 rings (SSSR count). The third-order valence-corrected chi connectivity index (χ3v) is 2.56. The van der Waals surface area contributed by atoms with Crippen LogP contribution in [0.1, 0.15) is 25.7 Å². The van der Waals surface area contributed by atoms with Crippen molar-refractivity contribution in [2.75, 3.05) is 6.54 Å². The van der Waals surface area contributed by atoms with Gasteiger partial charge in [0.2, 0.25) is 0 Å². The lowest BCUT2D eigenvalue weighted by Crippen LogP contribution is -2.47. The number of halogens is 3. The molecule has 0 saturated heterocycles. The van der Waals surface area contributed by atoms with Gasteiger partial charge in [-0.25, -0.2) is 4.79 Å². The van der Waals surface area contributed by atoms with E-state index < -0.39 is 18.8 Å². The second-order valence-electron chi connectivity index (χ2n) is 4.05. The molecule has 94 valence electrons. The maximum atomic E-state index is 11.8. The quantitative estimate of drug-likeness (QED) is 0.676. The van der Waals surface area contributed by atoms with Gasteiger partial charge in [-0.15, -0.1) is 0 Å². The molecular weight excluding hydrogens is 223 g/mol. The minimum absolute atomic E-state index is 0.0620. The highest BCUT2D eigenvalue weighted by molar-refractivity contribution is 5.74. The Morgan fingerprint density at radius 3 is 2.31 bits per heavy atom. The lowest BCUT2D eigenvalue weighted by atomic mass is 9.92. The number of carbonyl (C=O) groups is 1. The summed E-state index contributed by atoms with van der Waals surface area (Å²) in [4.78, 5) is 11.1. The summed E-state index contributed by atoms with van der Waals surface area (Å²) in [7, 11) is 0. The predicted molar refractivity (Wildman–Crippen MR) is 52.8 cm³/mol. The summed E-state index contributed by atoms with van der Waals surface area (Å²) in [5.41, 5.74) is 5.67. The lowest BCUT2D eigenvalue weighted by molar-refractivity contribution is -0.122. The Labute approximate surface area is 91.8 Å². The van der Waals surface area contributed by atoms with E-state index in [0.717, 1.165) is 25.7 Å². The maximum Gasteiger partial charge on any atom is 0.405 e. The summed E-state index contributed by atoms with van der Waals surface area (Å²) < 4.78 is 35.4. The summed E-state index contributed by atoms with van der Waals surface area (Å²) in [5, 5.41) is 4.28. The summed E-state index contributed by atoms with van der Waals surface area (Å²) in [6.07, 6.45) is -1.33. The van der Waals surface area contributed by atoms with Crippen molar-refractivity contribution in [1.82, 2.24) is 10.6 Å². The highest BCUT2D eigenvalue weighted by Crippen LogP contribution is 2.17. The molecule has 0 bridgehead atoms. The molecular formula is C9H16F3N3O. The number of carbonyl (C=O) groups excluding carboxylic acids is 1. The van der Waals surface area contributed by atoms with Gasteiger partial charge in [0.05, 0.1) is 0 Å². The topological polar surface area (TPSA) is 67.1 Å². The molecule has 7 heteroatoms. The molecule has 1 saturated carbocycles. The molecule has 0 spiro atoms. The number of amides is 2. The van der Waals surface area contributed by atoms with Crippen LogP contribution in [0.2, 0.25) is 0 Å². The third kappa shape index (κ3) is 5.20. The van der Waals surface area contributed by atoms with Gasteiger partial charge in [0, 0.05) is 12.1 Å². The molecule has 16 heavy (non-hydrogen) atoms. The molecule has 0 aromatic heterocycles. The van der Waals surface area contributed by atoms with Crippen LogP contribution in [0, 0.1) is 0 Å². The van der Waals surface area contributed by atoms with E-state index in [4.69, 9.17) is 5.73 Å². The second-order valence-corrected chi connectivity index (χ2v) is 4.05. The van der Waals surface area contributed by atoms with Gasteiger partial charge in [-0.2, -0.15) is 13.2 Å². The van der Waals surface area contributed by atoms with Crippen LogP contribution in [0.15, 0.2) is 0 Å². The Morgan fingerprint density at radius 1 is 1.25 bits per heavy atom. The number of nitrogens with one attached hydrogen (secondary N) is 2. The molecule has 1 aliphatic rings. The number of hydrogen-bond acceptors (Lipinski definition) is 2. The van der Waals surface area contributed by atoms with Gasteiger partial charge in [-0.1, -0.05) is 0 Å². The van der Waals surface area contributed by atoms with Crippen LogP contribution in [0.3, 0.4) is 0 Å². The molecule has 0 heterocycles. The van der Waals surface area contributed by atoms with Crippen molar-refractivity contribution in [3.05, 3.63) is 0 Å². The molecule has 0 unspecified atom stereocenters. The first-order valence-corrected chi connectivity index (χ1v) is 5.23.